The van der Waals surface area contributed by atoms with Crippen LogP contribution < -0.4 is 41.2 Å². The van der Waals surface area contributed by atoms with Crippen molar-refractivity contribution in [1.29, 1.82) is 0 Å². The van der Waals surface area contributed by atoms with Crippen LogP contribution in [0.1, 0.15) is 73.6 Å². The van der Waals surface area contributed by atoms with E-state index in [4.69, 9.17) is 38.9 Å². The van der Waals surface area contributed by atoms with Gasteiger partial charge in [0.25, 0.3) is 22.2 Å². The van der Waals surface area contributed by atoms with Gasteiger partial charge in [0.15, 0.2) is 0 Å². The Bertz CT molecular complexity index is 6530. The third kappa shape index (κ3) is 14.4. The van der Waals surface area contributed by atoms with Gasteiger partial charge in [0.2, 0.25) is 0 Å². The minimum absolute atomic E-state index is 0.341. The first-order valence-electron chi connectivity index (χ1n) is 39.6. The fourth-order valence-corrected chi connectivity index (χ4v) is 16.2. The smallest absolute Gasteiger partial charge is 0.257 e. The van der Waals surface area contributed by atoms with Crippen molar-refractivity contribution in [3.63, 3.8) is 0 Å². The quantitative estimate of drug-likeness (QED) is 0.111. The van der Waals surface area contributed by atoms with Crippen molar-refractivity contribution in [1.82, 2.24) is 58.1 Å². The van der Waals surface area contributed by atoms with Crippen molar-refractivity contribution in [3.05, 3.63) is 331 Å². The Morgan fingerprint density at radius 3 is 0.690 bits per heavy atom. The van der Waals surface area contributed by atoms with Crippen LogP contribution in [0.15, 0.2) is 286 Å². The summed E-state index contributed by atoms with van der Waals surface area (Å²) < 4.78 is 34.3. The molecule has 10 heterocycles. The average molecular weight is 1530 g/mol. The Morgan fingerprint density at radius 1 is 0.233 bits per heavy atom. The topological polar surface area (TPSA) is 240 Å². The molecular weight excluding hydrogens is 1450 g/mol. The number of H-pyrrole nitrogens is 4. The first-order valence-corrected chi connectivity index (χ1v) is 39.6. The third-order valence-electron chi connectivity index (χ3n) is 21.9. The standard InChI is InChI=1S/C96H80N12O8/c109-93-73-37-21-45-81-85(73)101-89-69-33-5-9-41-77(69)97-95(111)75-39-23-47-83-87(75)103-91(71-35-7-11-43-79(71)99-93)107(83)59-63-27-19-31-67(55-63)115-51-15-3-4-16-52-116-68-32-20-28-64(56-68)60-108-84-48-24-40-76-88(84)104-92(108)72-36-8-12-44-80(72)100-94(110)74-38-22-46-82-86(74)102-90(70-34-6-10-42-78(70)98-96(76)112)106(82)58-62-26-18-30-66(54-62)114-50-14-2-1-13-49-113-65-29-17-25-61(53-65)57-105(81)89/h5-12,17-48,53-56H,1-4,13-16,49-52,57-60H2,(H,97,111)(H,98,112)(H,99,109)(H,100,110). The van der Waals surface area contributed by atoms with E-state index < -0.39 is 0 Å². The lowest BCUT2D eigenvalue weighted by atomic mass is 10.2. The predicted octanol–water partition coefficient (Wildman–Crippen LogP) is 19.0. The molecule has 0 radical (unpaired) electrons. The predicted molar refractivity (Wildman–Crippen MR) is 463 cm³/mol. The Hall–Kier alpha value is -14.4. The van der Waals surface area contributed by atoms with Gasteiger partial charge in [-0.05, 0) is 219 Å². The number of aromatic nitrogens is 12. The molecule has 20 heteroatoms. The van der Waals surface area contributed by atoms with Crippen LogP contribution in [0, 0.1) is 0 Å². The summed E-state index contributed by atoms with van der Waals surface area (Å²) in [5.41, 5.74) is 11.8. The summed E-state index contributed by atoms with van der Waals surface area (Å²) in [5, 5.41) is 4.18. The molecule has 572 valence electrons. The minimum atomic E-state index is -0.341. The number of hydrogen-bond acceptors (Lipinski definition) is 12. The highest BCUT2D eigenvalue weighted by atomic mass is 16.5. The Balaban J connectivity index is 0.671. The van der Waals surface area contributed by atoms with Gasteiger partial charge < -0.3 is 57.2 Å². The number of para-hydroxylation sites is 8. The van der Waals surface area contributed by atoms with Crippen molar-refractivity contribution >= 4 is 132 Å². The third-order valence-corrected chi connectivity index (χ3v) is 21.9. The minimum Gasteiger partial charge on any atom is -0.494 e. The SMILES string of the molecule is O=c1[nH]c2ccccc2c2nc3c4cccc3n2Cc2cccc(c2)OCCCCCCOc2cccc(c2)Cn2c3cccc5c(=O)[nH]c6ccccc6c6nc7c(cccc7n6Cc6cccc(c6)OCCCCCCOc6cccc(c6)Cn6c7cccc1c7nc6c1ccccc1[nH]c4=O)c(=O)[nH]c1ccccc1c2nc53. The first kappa shape index (κ1) is 71.9. The Labute approximate surface area is 662 Å². The lowest BCUT2D eigenvalue weighted by Crippen LogP contribution is -2.05. The molecule has 12 aromatic carbocycles. The molecule has 0 saturated heterocycles. The molecule has 0 spiro atoms. The monoisotopic (exact) mass is 1530 g/mol. The molecule has 6 aromatic heterocycles. The van der Waals surface area contributed by atoms with Crippen molar-refractivity contribution in [2.45, 2.75) is 77.5 Å². The Kier molecular flexibility index (Phi) is 19.6. The summed E-state index contributed by atoms with van der Waals surface area (Å²) >= 11 is 0. The highest BCUT2D eigenvalue weighted by molar-refractivity contribution is 6.05. The van der Waals surface area contributed by atoms with E-state index in [1.807, 2.05) is 218 Å². The molecule has 20 nitrogen and oxygen atoms in total. The van der Waals surface area contributed by atoms with Crippen molar-refractivity contribution in [2.24, 2.45) is 0 Å². The highest BCUT2D eigenvalue weighted by Gasteiger charge is 2.21. The number of benzene rings is 12. The number of hydrogen-bond donors (Lipinski definition) is 4. The summed E-state index contributed by atoms with van der Waals surface area (Å²) in [4.78, 5) is 94.9. The van der Waals surface area contributed by atoms with Crippen LogP contribution in [0.2, 0.25) is 0 Å². The zero-order chi connectivity index (χ0) is 78.0. The molecule has 0 unspecified atom stereocenters. The first-order chi connectivity index (χ1) is 57.1. The van der Waals surface area contributed by atoms with Gasteiger partial charge >= 0.3 is 0 Å². The summed E-state index contributed by atoms with van der Waals surface area (Å²) in [5.74, 6) is 2.92. The van der Waals surface area contributed by atoms with Crippen molar-refractivity contribution in [2.75, 3.05) is 26.4 Å². The van der Waals surface area contributed by atoms with Gasteiger partial charge in [-0.3, -0.25) is 19.2 Å². The number of ether oxygens (including phenoxy) is 4. The van der Waals surface area contributed by atoms with Crippen LogP contribution >= 0.6 is 0 Å². The lowest BCUT2D eigenvalue weighted by molar-refractivity contribution is 0.287. The molecule has 4 aliphatic heterocycles. The lowest BCUT2D eigenvalue weighted by Gasteiger charge is -2.11. The molecule has 4 aliphatic rings. The number of aromatic amines is 4. The van der Waals surface area contributed by atoms with Gasteiger partial charge in [-0.25, -0.2) is 19.9 Å². The highest BCUT2D eigenvalue weighted by Crippen LogP contribution is 2.33. The number of imidazole rings is 4. The maximum absolute atomic E-state index is 15.1. The van der Waals surface area contributed by atoms with E-state index in [1.54, 1.807) is 24.3 Å². The Morgan fingerprint density at radius 2 is 0.448 bits per heavy atom. The van der Waals surface area contributed by atoms with Crippen LogP contribution in [0.5, 0.6) is 23.0 Å². The molecule has 0 aliphatic carbocycles. The fraction of sp³-hybridized carbons (Fsp3) is 0.167. The van der Waals surface area contributed by atoms with Gasteiger partial charge in [-0.15, -0.1) is 0 Å². The summed E-state index contributed by atoms with van der Waals surface area (Å²) in [6.07, 6.45) is 7.01. The summed E-state index contributed by atoms with van der Waals surface area (Å²) in [7, 11) is 0. The second kappa shape index (κ2) is 31.6. The second-order valence-electron chi connectivity index (χ2n) is 29.6. The maximum Gasteiger partial charge on any atom is 0.257 e. The van der Waals surface area contributed by atoms with Crippen LogP contribution in [-0.4, -0.2) is 84.6 Å². The molecule has 0 amide bonds. The van der Waals surface area contributed by atoms with E-state index in [1.165, 1.54) is 0 Å². The molecule has 18 aromatic rings. The zero-order valence-electron chi connectivity index (χ0n) is 63.6. The van der Waals surface area contributed by atoms with Gasteiger partial charge in [-0.2, -0.15) is 0 Å². The fourth-order valence-electron chi connectivity index (χ4n) is 16.2. The molecule has 0 fully saturated rings. The van der Waals surface area contributed by atoms with Gasteiger partial charge in [0, 0.05) is 47.7 Å². The molecule has 28 bridgehead atoms. The molecule has 4 N–H and O–H groups in total. The zero-order valence-corrected chi connectivity index (χ0v) is 63.6. The van der Waals surface area contributed by atoms with Crippen LogP contribution in [0.25, 0.3) is 132 Å². The molecule has 0 atom stereocenters. The maximum atomic E-state index is 15.1. The van der Waals surface area contributed by atoms with Gasteiger partial charge in [0.05, 0.1) is 92.1 Å². The van der Waals surface area contributed by atoms with Crippen LogP contribution in [0.4, 0.5) is 0 Å². The van der Waals surface area contributed by atoms with Gasteiger partial charge in [0.1, 0.15) is 67.7 Å². The van der Waals surface area contributed by atoms with Crippen molar-refractivity contribution < 1.29 is 18.9 Å². The molecular formula is C96H80N12O8. The van der Waals surface area contributed by atoms with E-state index in [0.29, 0.717) is 162 Å². The van der Waals surface area contributed by atoms with Gasteiger partial charge in [-0.1, -0.05) is 121 Å². The van der Waals surface area contributed by atoms with Crippen molar-refractivity contribution in [3.8, 4) is 23.0 Å². The second-order valence-corrected chi connectivity index (χ2v) is 29.6. The largest absolute Gasteiger partial charge is 0.494 e. The van der Waals surface area contributed by atoms with E-state index in [-0.39, 0.29) is 22.2 Å². The number of nitrogens with zero attached hydrogens (tertiary/aromatic N) is 8. The number of rotatable bonds is 0. The van der Waals surface area contributed by atoms with Crippen LogP contribution in [0.3, 0.4) is 0 Å². The number of nitrogens with one attached hydrogen (secondary N) is 4. The van der Waals surface area contributed by atoms with E-state index in [0.717, 1.165) is 119 Å². The average Bonchev–Trinajstić information content (AvgIpc) is 1.61. The van der Waals surface area contributed by atoms with E-state index in [2.05, 4.69) is 62.5 Å². The molecule has 22 rings (SSSR count). The summed E-state index contributed by atoms with van der Waals surface area (Å²) in [6, 6.07) is 85.5. The molecule has 0 saturated carbocycles. The van der Waals surface area contributed by atoms with Crippen LogP contribution in [-0.2, 0) is 26.2 Å². The van der Waals surface area contributed by atoms with E-state index >= 15 is 19.2 Å². The normalized spacial score (nSPS) is 13.7. The summed E-state index contributed by atoms with van der Waals surface area (Å²) in [6.45, 7) is 3.51. The molecule has 116 heavy (non-hydrogen) atoms. The van der Waals surface area contributed by atoms with E-state index in [9.17, 15) is 0 Å².